The van der Waals surface area contributed by atoms with Crippen molar-refractivity contribution in [2.75, 3.05) is 19.0 Å². The number of nitrogens with zero attached hydrogens (tertiary/aromatic N) is 2. The Morgan fingerprint density at radius 3 is 2.64 bits per heavy atom. The monoisotopic (exact) mass is 349 g/mol. The Kier molecular flexibility index (Phi) is 5.53. The Morgan fingerprint density at radius 2 is 2.04 bits per heavy atom. The number of imidazole rings is 1. The lowest BCUT2D eigenvalue weighted by atomic mass is 9.94. The van der Waals surface area contributed by atoms with E-state index in [1.165, 1.54) is 43.0 Å². The zero-order chi connectivity index (χ0) is 18.6. The Morgan fingerprint density at radius 1 is 1.36 bits per heavy atom. The zero-order valence-corrected chi connectivity index (χ0v) is 14.5. The third-order valence-electron chi connectivity index (χ3n) is 3.93. The average molecular weight is 349 g/mol. The summed E-state index contributed by atoms with van der Waals surface area (Å²) in [5.74, 6) is -1.62. The summed E-state index contributed by atoms with van der Waals surface area (Å²) in [5.41, 5.74) is -1.29. The predicted molar refractivity (Wildman–Crippen MR) is 88.6 cm³/mol. The molecule has 0 unspecified atom stereocenters. The maximum Gasteiger partial charge on any atom is 0.356 e. The van der Waals surface area contributed by atoms with Crippen LogP contribution in [0.4, 0.5) is 10.3 Å². The van der Waals surface area contributed by atoms with Crippen LogP contribution in [-0.2, 0) is 26.9 Å². The van der Waals surface area contributed by atoms with Crippen molar-refractivity contribution in [2.24, 2.45) is 7.05 Å². The highest BCUT2D eigenvalue weighted by atomic mass is 19.1. The molecular formula is C17H20FN3O4. The van der Waals surface area contributed by atoms with Crippen LogP contribution in [0.5, 0.6) is 0 Å². The summed E-state index contributed by atoms with van der Waals surface area (Å²) in [4.78, 5) is 28.5. The second kappa shape index (κ2) is 7.43. The number of benzene rings is 1. The van der Waals surface area contributed by atoms with Crippen molar-refractivity contribution in [3.63, 3.8) is 0 Å². The first-order valence-electron chi connectivity index (χ1n) is 7.65. The summed E-state index contributed by atoms with van der Waals surface area (Å²) < 4.78 is 25.7. The average Bonchev–Trinajstić information content (AvgIpc) is 2.95. The van der Waals surface area contributed by atoms with Gasteiger partial charge in [-0.25, -0.2) is 14.2 Å². The number of hydrogen-bond donors (Lipinski definition) is 1. The molecule has 0 aliphatic rings. The molecule has 0 spiro atoms. The highest BCUT2D eigenvalue weighted by molar-refractivity contribution is 5.97. The van der Waals surface area contributed by atoms with E-state index in [0.29, 0.717) is 0 Å². The van der Waals surface area contributed by atoms with Gasteiger partial charge in [0, 0.05) is 19.7 Å². The van der Waals surface area contributed by atoms with Crippen LogP contribution in [0.1, 0.15) is 29.9 Å². The minimum Gasteiger partial charge on any atom is -0.461 e. The Labute approximate surface area is 144 Å². The van der Waals surface area contributed by atoms with Crippen LogP contribution < -0.4 is 5.32 Å². The summed E-state index contributed by atoms with van der Waals surface area (Å²) in [7, 11) is 2.87. The normalized spacial score (nSPS) is 13.2. The van der Waals surface area contributed by atoms with Gasteiger partial charge in [-0.05, 0) is 19.9 Å². The van der Waals surface area contributed by atoms with Gasteiger partial charge in [-0.1, -0.05) is 18.2 Å². The van der Waals surface area contributed by atoms with E-state index in [-0.39, 0.29) is 23.8 Å². The second-order valence-corrected chi connectivity index (χ2v) is 5.42. The number of methoxy groups -OCH3 is 1. The number of nitrogens with one attached hydrogen (secondary N) is 1. The minimum atomic E-state index is -1.57. The van der Waals surface area contributed by atoms with Crippen LogP contribution in [0, 0.1) is 5.82 Å². The quantitative estimate of drug-likeness (QED) is 0.809. The summed E-state index contributed by atoms with van der Waals surface area (Å²) in [5, 5.41) is 2.56. The third-order valence-corrected chi connectivity index (χ3v) is 3.93. The number of rotatable bonds is 6. The molecule has 0 aliphatic carbocycles. The molecule has 0 saturated carbocycles. The van der Waals surface area contributed by atoms with E-state index in [1.54, 1.807) is 20.0 Å². The molecule has 2 rings (SSSR count). The molecule has 1 aromatic heterocycles. The summed E-state index contributed by atoms with van der Waals surface area (Å²) in [6.07, 6.45) is 1.29. The van der Waals surface area contributed by atoms with Crippen LogP contribution in [0.25, 0.3) is 0 Å². The number of hydrogen-bond acceptors (Lipinski definition) is 5. The van der Waals surface area contributed by atoms with E-state index in [2.05, 4.69) is 10.3 Å². The minimum absolute atomic E-state index is 0.0924. The number of ether oxygens (including phenoxy) is 2. The van der Waals surface area contributed by atoms with Gasteiger partial charge >= 0.3 is 5.97 Å². The molecule has 7 nitrogen and oxygen atoms in total. The van der Waals surface area contributed by atoms with Gasteiger partial charge < -0.3 is 14.0 Å². The van der Waals surface area contributed by atoms with Crippen molar-refractivity contribution in [3.8, 4) is 0 Å². The molecule has 1 atom stereocenters. The predicted octanol–water partition coefficient (Wildman–Crippen LogP) is 2.24. The summed E-state index contributed by atoms with van der Waals surface area (Å²) >= 11 is 0. The van der Waals surface area contributed by atoms with Crippen LogP contribution >= 0.6 is 0 Å². The van der Waals surface area contributed by atoms with Gasteiger partial charge in [-0.3, -0.25) is 10.1 Å². The highest BCUT2D eigenvalue weighted by Gasteiger charge is 2.38. The molecule has 0 aliphatic heterocycles. The maximum absolute atomic E-state index is 14.1. The molecule has 1 amide bonds. The summed E-state index contributed by atoms with van der Waals surface area (Å²) in [6.45, 7) is 3.37. The van der Waals surface area contributed by atoms with E-state index >= 15 is 0 Å². The second-order valence-electron chi connectivity index (χ2n) is 5.42. The molecular weight excluding hydrogens is 329 g/mol. The fraction of sp³-hybridized carbons (Fsp3) is 0.353. The number of carbonyl (C=O) groups excluding carboxylic acids is 2. The summed E-state index contributed by atoms with van der Waals surface area (Å²) in [6, 6.07) is 5.86. The maximum atomic E-state index is 14.1. The topological polar surface area (TPSA) is 82.4 Å². The molecule has 1 N–H and O–H groups in total. The van der Waals surface area contributed by atoms with Crippen molar-refractivity contribution < 1.29 is 23.5 Å². The van der Waals surface area contributed by atoms with E-state index in [4.69, 9.17) is 9.47 Å². The first kappa shape index (κ1) is 18.6. The lowest BCUT2D eigenvalue weighted by molar-refractivity contribution is -0.137. The highest BCUT2D eigenvalue weighted by Crippen LogP contribution is 2.28. The van der Waals surface area contributed by atoms with Crippen molar-refractivity contribution in [1.29, 1.82) is 0 Å². The van der Waals surface area contributed by atoms with Gasteiger partial charge in [0.05, 0.1) is 12.8 Å². The van der Waals surface area contributed by atoms with Gasteiger partial charge in [0.15, 0.2) is 5.60 Å². The zero-order valence-electron chi connectivity index (χ0n) is 14.5. The number of halogens is 1. The Balaban J connectivity index is 2.29. The van der Waals surface area contributed by atoms with Crippen molar-refractivity contribution >= 4 is 17.8 Å². The van der Waals surface area contributed by atoms with E-state index in [0.717, 1.165) is 0 Å². The van der Waals surface area contributed by atoms with Gasteiger partial charge in [0.2, 0.25) is 5.95 Å². The van der Waals surface area contributed by atoms with Crippen molar-refractivity contribution in [3.05, 3.63) is 47.5 Å². The third kappa shape index (κ3) is 3.53. The molecule has 0 fully saturated rings. The SMILES string of the molecule is CCOC(=O)c1cnc(NC(=O)[C@](C)(OC)c2ccccc2F)n1C. The Bertz CT molecular complexity index is 790. The molecule has 0 saturated heterocycles. The fourth-order valence-electron chi connectivity index (χ4n) is 2.31. The van der Waals surface area contributed by atoms with Gasteiger partial charge in [0.25, 0.3) is 5.91 Å². The van der Waals surface area contributed by atoms with E-state index in [1.807, 2.05) is 0 Å². The largest absolute Gasteiger partial charge is 0.461 e. The Hall–Kier alpha value is -2.74. The molecule has 134 valence electrons. The van der Waals surface area contributed by atoms with Crippen LogP contribution in [0.15, 0.2) is 30.5 Å². The van der Waals surface area contributed by atoms with E-state index < -0.39 is 23.3 Å². The first-order chi connectivity index (χ1) is 11.8. The smallest absolute Gasteiger partial charge is 0.356 e. The van der Waals surface area contributed by atoms with Crippen LogP contribution in [0.2, 0.25) is 0 Å². The fourth-order valence-corrected chi connectivity index (χ4v) is 2.31. The molecule has 25 heavy (non-hydrogen) atoms. The number of aromatic nitrogens is 2. The van der Waals surface area contributed by atoms with Crippen molar-refractivity contribution in [2.45, 2.75) is 19.4 Å². The van der Waals surface area contributed by atoms with Gasteiger partial charge in [0.1, 0.15) is 11.5 Å². The molecule has 1 heterocycles. The van der Waals surface area contributed by atoms with Crippen LogP contribution in [0.3, 0.4) is 0 Å². The molecule has 0 bridgehead atoms. The van der Waals surface area contributed by atoms with Gasteiger partial charge in [-0.2, -0.15) is 0 Å². The number of amides is 1. The molecule has 8 heteroatoms. The lowest BCUT2D eigenvalue weighted by Crippen LogP contribution is -2.40. The van der Waals surface area contributed by atoms with E-state index in [9.17, 15) is 14.0 Å². The number of anilines is 1. The standard InChI is InChI=1S/C17H20FN3O4/c1-5-25-14(22)13-10-19-16(21(13)3)20-15(23)17(2,24-4)11-8-6-7-9-12(11)18/h6-10H,5H2,1-4H3,(H,19,20,23)/t17-/m1/s1. The number of carbonyl (C=O) groups is 2. The molecule has 1 aromatic carbocycles. The lowest BCUT2D eigenvalue weighted by Gasteiger charge is -2.27. The van der Waals surface area contributed by atoms with Gasteiger partial charge in [-0.15, -0.1) is 0 Å². The molecule has 0 radical (unpaired) electrons. The van der Waals surface area contributed by atoms with Crippen LogP contribution in [-0.4, -0.2) is 35.1 Å². The molecule has 2 aromatic rings. The first-order valence-corrected chi connectivity index (χ1v) is 7.65. The van der Waals surface area contributed by atoms with Crippen molar-refractivity contribution in [1.82, 2.24) is 9.55 Å². The number of esters is 1.